The number of hydrogen-bond donors (Lipinski definition) is 6. The summed E-state index contributed by atoms with van der Waals surface area (Å²) in [5.41, 5.74) is -0.0372. The number of rotatable bonds is 11. The van der Waals surface area contributed by atoms with Gasteiger partial charge in [0, 0.05) is 26.1 Å². The molecule has 0 heterocycles. The van der Waals surface area contributed by atoms with E-state index < -0.39 is 23.9 Å². The van der Waals surface area contributed by atoms with Crippen molar-refractivity contribution in [1.82, 2.24) is 0 Å². The van der Waals surface area contributed by atoms with Gasteiger partial charge >= 0.3 is 23.9 Å². The second-order valence-corrected chi connectivity index (χ2v) is 6.32. The molecule has 0 radical (unpaired) electrons. The summed E-state index contributed by atoms with van der Waals surface area (Å²) < 4.78 is 0. The van der Waals surface area contributed by atoms with Gasteiger partial charge in [-0.2, -0.15) is 0 Å². The lowest BCUT2D eigenvalue weighted by molar-refractivity contribution is -0.139. The highest BCUT2D eigenvalue weighted by atomic mass is 16.4. The van der Waals surface area contributed by atoms with E-state index in [1.165, 1.54) is 18.2 Å². The third-order valence-electron chi connectivity index (χ3n) is 3.63. The van der Waals surface area contributed by atoms with Crippen molar-refractivity contribution in [3.05, 3.63) is 35.4 Å². The lowest BCUT2D eigenvalue weighted by Crippen LogP contribution is -2.01. The molecule has 1 rings (SSSR count). The van der Waals surface area contributed by atoms with E-state index in [4.69, 9.17) is 30.6 Å². The highest BCUT2D eigenvalue weighted by Crippen LogP contribution is 2.05. The quantitative estimate of drug-likeness (QED) is 0.284. The van der Waals surface area contributed by atoms with Crippen LogP contribution < -0.4 is 0 Å². The normalized spacial score (nSPS) is 9.60. The van der Waals surface area contributed by atoms with Gasteiger partial charge in [-0.15, -0.1) is 0 Å². The molecule has 0 spiro atoms. The number of aromatic carboxylic acids is 2. The molecule has 1 aromatic rings. The molecule has 0 aliphatic carbocycles. The fourth-order valence-electron chi connectivity index (χ4n) is 1.92. The van der Waals surface area contributed by atoms with Crippen molar-refractivity contribution in [2.24, 2.45) is 5.92 Å². The van der Waals surface area contributed by atoms with Crippen LogP contribution in [0.1, 0.15) is 66.2 Å². The Morgan fingerprint density at radius 1 is 0.767 bits per heavy atom. The number of aliphatic carboxylic acids is 2. The van der Waals surface area contributed by atoms with Crippen LogP contribution in [-0.2, 0) is 9.59 Å². The second-order valence-electron chi connectivity index (χ2n) is 6.32. The van der Waals surface area contributed by atoms with E-state index in [0.29, 0.717) is 18.8 Å². The molecule has 0 amide bonds. The van der Waals surface area contributed by atoms with Gasteiger partial charge in [-0.25, -0.2) is 9.59 Å². The van der Waals surface area contributed by atoms with Gasteiger partial charge in [-0.1, -0.05) is 13.0 Å². The number of unbranched alkanes of at least 4 members (excludes halogenated alkanes) is 1. The van der Waals surface area contributed by atoms with Crippen LogP contribution >= 0.6 is 0 Å². The molecular formula is C20H30O10. The molecule has 0 saturated carbocycles. The molecule has 0 bridgehead atoms. The van der Waals surface area contributed by atoms with E-state index in [1.807, 2.05) is 6.92 Å². The van der Waals surface area contributed by atoms with Gasteiger partial charge in [0.15, 0.2) is 0 Å². The molecule has 30 heavy (non-hydrogen) atoms. The number of carboxylic acid groups (broad SMARTS) is 4. The standard InChI is InChI=1S/C8H6O4.C6H10O4.C6H14O2/c9-7(10)5-2-1-3-6(4-5)8(11)12;7-5(8)3-1-2-4-6(9)10;1-6(2-4-7)3-5-8/h1-4H,(H,9,10)(H,11,12);1-4H2,(H,7,8)(H,9,10);6-8H,2-5H2,1H3. The summed E-state index contributed by atoms with van der Waals surface area (Å²) >= 11 is 0. The number of aliphatic hydroxyl groups excluding tert-OH is 2. The fraction of sp³-hybridized carbons (Fsp3) is 0.500. The minimum Gasteiger partial charge on any atom is -0.481 e. The van der Waals surface area contributed by atoms with E-state index in [1.54, 1.807) is 0 Å². The van der Waals surface area contributed by atoms with Crippen molar-refractivity contribution in [2.75, 3.05) is 13.2 Å². The Balaban J connectivity index is 0. The van der Waals surface area contributed by atoms with Crippen molar-refractivity contribution in [1.29, 1.82) is 0 Å². The van der Waals surface area contributed by atoms with Crippen LogP contribution in [0.2, 0.25) is 0 Å². The Morgan fingerprint density at radius 3 is 1.40 bits per heavy atom. The maximum atomic E-state index is 10.4. The van der Waals surface area contributed by atoms with Gasteiger partial charge in [0.25, 0.3) is 0 Å². The molecule has 10 nitrogen and oxygen atoms in total. The first-order valence-electron chi connectivity index (χ1n) is 9.27. The molecule has 0 fully saturated rings. The predicted molar refractivity (Wildman–Crippen MR) is 107 cm³/mol. The smallest absolute Gasteiger partial charge is 0.335 e. The highest BCUT2D eigenvalue weighted by Gasteiger charge is 2.06. The summed E-state index contributed by atoms with van der Waals surface area (Å²) in [6, 6.07) is 5.20. The molecule has 1 aromatic carbocycles. The summed E-state index contributed by atoms with van der Waals surface area (Å²) in [7, 11) is 0. The minimum atomic E-state index is -1.13. The molecule has 170 valence electrons. The summed E-state index contributed by atoms with van der Waals surface area (Å²) in [4.78, 5) is 40.6. The number of hydrogen-bond acceptors (Lipinski definition) is 6. The van der Waals surface area contributed by atoms with E-state index in [-0.39, 0.29) is 37.2 Å². The average Bonchev–Trinajstić information content (AvgIpc) is 2.66. The van der Waals surface area contributed by atoms with Crippen molar-refractivity contribution in [3.8, 4) is 0 Å². The maximum Gasteiger partial charge on any atom is 0.335 e. The fourth-order valence-corrected chi connectivity index (χ4v) is 1.92. The second kappa shape index (κ2) is 18.1. The van der Waals surface area contributed by atoms with Crippen LogP contribution in [0.3, 0.4) is 0 Å². The maximum absolute atomic E-state index is 10.4. The molecule has 0 unspecified atom stereocenters. The van der Waals surface area contributed by atoms with E-state index in [9.17, 15) is 19.2 Å². The lowest BCUT2D eigenvalue weighted by atomic mass is 10.1. The predicted octanol–water partition coefficient (Wildman–Crippen LogP) is 2.19. The van der Waals surface area contributed by atoms with Gasteiger partial charge in [0.05, 0.1) is 11.1 Å². The zero-order valence-electron chi connectivity index (χ0n) is 16.9. The molecular weight excluding hydrogens is 400 g/mol. The topological polar surface area (TPSA) is 190 Å². The van der Waals surface area contributed by atoms with Crippen LogP contribution in [0.25, 0.3) is 0 Å². The largest absolute Gasteiger partial charge is 0.481 e. The Hall–Kier alpha value is -2.98. The Labute approximate surface area is 174 Å². The van der Waals surface area contributed by atoms with E-state index in [0.717, 1.165) is 18.9 Å². The monoisotopic (exact) mass is 430 g/mol. The van der Waals surface area contributed by atoms with Crippen LogP contribution in [0, 0.1) is 5.92 Å². The molecule has 0 aromatic heterocycles. The average molecular weight is 430 g/mol. The van der Waals surface area contributed by atoms with Gasteiger partial charge in [0.1, 0.15) is 0 Å². The number of carbonyl (C=O) groups is 4. The highest BCUT2D eigenvalue weighted by molar-refractivity contribution is 5.93. The van der Waals surface area contributed by atoms with Crippen LogP contribution in [-0.4, -0.2) is 67.7 Å². The number of aliphatic hydroxyl groups is 2. The molecule has 0 saturated heterocycles. The van der Waals surface area contributed by atoms with Crippen molar-refractivity contribution < 1.29 is 49.8 Å². The Morgan fingerprint density at radius 2 is 1.13 bits per heavy atom. The zero-order valence-corrected chi connectivity index (χ0v) is 16.9. The Bertz CT molecular complexity index is 605. The van der Waals surface area contributed by atoms with Gasteiger partial charge in [0.2, 0.25) is 0 Å². The number of carboxylic acids is 4. The third kappa shape index (κ3) is 18.4. The molecule has 0 aliphatic rings. The van der Waals surface area contributed by atoms with Gasteiger partial charge in [-0.3, -0.25) is 9.59 Å². The van der Waals surface area contributed by atoms with Gasteiger partial charge < -0.3 is 30.6 Å². The molecule has 6 N–H and O–H groups in total. The molecule has 10 heteroatoms. The Kier molecular flexibility index (Phi) is 17.6. The SMILES string of the molecule is CC(CCO)CCO.O=C(O)CCCCC(=O)O.O=C(O)c1cccc(C(=O)O)c1. The zero-order chi connectivity index (χ0) is 23.5. The summed E-state index contributed by atoms with van der Waals surface area (Å²) in [6.07, 6.45) is 2.63. The number of benzene rings is 1. The van der Waals surface area contributed by atoms with E-state index >= 15 is 0 Å². The third-order valence-corrected chi connectivity index (χ3v) is 3.63. The summed E-state index contributed by atoms with van der Waals surface area (Å²) in [6.45, 7) is 2.49. The van der Waals surface area contributed by atoms with Crippen LogP contribution in [0.4, 0.5) is 0 Å². The molecule has 0 aliphatic heterocycles. The first-order valence-corrected chi connectivity index (χ1v) is 9.27. The minimum absolute atomic E-state index is 0.0186. The van der Waals surface area contributed by atoms with Crippen molar-refractivity contribution in [3.63, 3.8) is 0 Å². The first kappa shape index (κ1) is 29.2. The van der Waals surface area contributed by atoms with Crippen molar-refractivity contribution in [2.45, 2.75) is 45.4 Å². The van der Waals surface area contributed by atoms with Crippen LogP contribution in [0.5, 0.6) is 0 Å². The lowest BCUT2D eigenvalue weighted by Gasteiger charge is -2.04. The summed E-state index contributed by atoms with van der Waals surface area (Å²) in [5.74, 6) is -3.53. The van der Waals surface area contributed by atoms with Crippen molar-refractivity contribution >= 4 is 23.9 Å². The van der Waals surface area contributed by atoms with Gasteiger partial charge in [-0.05, 0) is 49.8 Å². The molecule has 0 atom stereocenters. The summed E-state index contributed by atoms with van der Waals surface area (Å²) in [5, 5.41) is 50.0. The first-order chi connectivity index (χ1) is 14.0. The van der Waals surface area contributed by atoms with E-state index in [2.05, 4.69) is 0 Å². The van der Waals surface area contributed by atoms with Crippen LogP contribution in [0.15, 0.2) is 24.3 Å².